The molecule has 0 rings (SSSR count). The van der Waals surface area contributed by atoms with Crippen molar-refractivity contribution in [3.63, 3.8) is 0 Å². The molecule has 6 heteroatoms. The Morgan fingerprint density at radius 1 is 0.422 bits per heavy atom. The minimum atomic E-state index is -0.856. The SMILES string of the molecule is CCCCCCCCCCCCCCCCCCCCCCCC/C=C/C(O)C(CO)NC(=O)CCCCCCCCCCCCCOC(=O)CCCCCCCCCCCCCC. The Morgan fingerprint density at radius 2 is 0.719 bits per heavy atom. The van der Waals surface area contributed by atoms with Crippen LogP contribution in [0.1, 0.15) is 322 Å². The van der Waals surface area contributed by atoms with Gasteiger partial charge in [-0.15, -0.1) is 0 Å². The smallest absolute Gasteiger partial charge is 0.305 e. The molecule has 0 aromatic carbocycles. The van der Waals surface area contributed by atoms with Crippen molar-refractivity contribution in [3.05, 3.63) is 12.2 Å². The number of ether oxygens (including phenoxy) is 1. The predicted octanol–water partition coefficient (Wildman–Crippen LogP) is 17.7. The lowest BCUT2D eigenvalue weighted by molar-refractivity contribution is -0.143. The van der Waals surface area contributed by atoms with Gasteiger partial charge in [0.05, 0.1) is 25.4 Å². The summed E-state index contributed by atoms with van der Waals surface area (Å²) in [5.74, 6) is -0.0967. The highest BCUT2D eigenvalue weighted by atomic mass is 16.5. The van der Waals surface area contributed by atoms with Crippen molar-refractivity contribution in [1.82, 2.24) is 5.32 Å². The number of aliphatic hydroxyl groups is 2. The van der Waals surface area contributed by atoms with E-state index in [9.17, 15) is 19.8 Å². The van der Waals surface area contributed by atoms with Crippen LogP contribution in [-0.2, 0) is 14.3 Å². The van der Waals surface area contributed by atoms with Gasteiger partial charge >= 0.3 is 5.97 Å². The van der Waals surface area contributed by atoms with Crippen LogP contribution < -0.4 is 5.32 Å². The van der Waals surface area contributed by atoms with E-state index in [1.807, 2.05) is 6.08 Å². The highest BCUT2D eigenvalue weighted by Gasteiger charge is 2.18. The van der Waals surface area contributed by atoms with Crippen molar-refractivity contribution in [2.45, 2.75) is 334 Å². The van der Waals surface area contributed by atoms with Crippen LogP contribution in [0, 0.1) is 0 Å². The first-order valence-corrected chi connectivity index (χ1v) is 29.0. The molecule has 380 valence electrons. The summed E-state index contributed by atoms with van der Waals surface area (Å²) < 4.78 is 5.45. The average molecular weight is 905 g/mol. The van der Waals surface area contributed by atoms with E-state index in [0.717, 1.165) is 57.8 Å². The summed E-state index contributed by atoms with van der Waals surface area (Å²) >= 11 is 0. The Bertz CT molecular complexity index is 955. The number of allylic oxidation sites excluding steroid dienone is 1. The number of amides is 1. The van der Waals surface area contributed by atoms with E-state index in [-0.39, 0.29) is 18.5 Å². The number of unbranched alkanes of at least 4 members (excludes halogenated alkanes) is 43. The van der Waals surface area contributed by atoms with Gasteiger partial charge in [-0.2, -0.15) is 0 Å². The van der Waals surface area contributed by atoms with Crippen molar-refractivity contribution in [2.24, 2.45) is 0 Å². The van der Waals surface area contributed by atoms with E-state index in [1.54, 1.807) is 6.08 Å². The molecule has 0 aromatic rings. The number of nitrogens with one attached hydrogen (secondary N) is 1. The molecule has 0 fully saturated rings. The minimum absolute atomic E-state index is 0.0137. The molecule has 0 heterocycles. The molecule has 2 unspecified atom stereocenters. The molecular weight excluding hydrogens is 791 g/mol. The van der Waals surface area contributed by atoms with Gasteiger partial charge in [0, 0.05) is 12.8 Å². The molecule has 0 aromatic heterocycles. The summed E-state index contributed by atoms with van der Waals surface area (Å²) in [7, 11) is 0. The second-order valence-corrected chi connectivity index (χ2v) is 20.0. The van der Waals surface area contributed by atoms with E-state index >= 15 is 0 Å². The number of hydrogen-bond acceptors (Lipinski definition) is 5. The Balaban J connectivity index is 3.49. The second-order valence-electron chi connectivity index (χ2n) is 20.0. The third-order valence-electron chi connectivity index (χ3n) is 13.6. The standard InChI is InChI=1S/C58H113NO5/c1-3-5-7-9-11-13-15-17-18-19-20-21-22-23-24-25-26-27-28-30-34-38-42-46-50-56(61)55(54-60)59-57(62)51-47-43-39-35-31-29-33-37-41-45-49-53-64-58(63)52-48-44-40-36-32-16-14-12-10-8-6-4-2/h46,50,55-56,60-61H,3-45,47-49,51-54H2,1-2H3,(H,59,62)/b50-46+. The summed E-state index contributed by atoms with van der Waals surface area (Å²) in [6, 6.07) is -0.641. The lowest BCUT2D eigenvalue weighted by Crippen LogP contribution is -2.45. The summed E-state index contributed by atoms with van der Waals surface area (Å²) in [4.78, 5) is 24.5. The van der Waals surface area contributed by atoms with Crippen LogP contribution in [0.2, 0.25) is 0 Å². The Labute approximate surface area is 399 Å². The molecule has 2 atom stereocenters. The quantitative estimate of drug-likeness (QED) is 0.0321. The first-order valence-electron chi connectivity index (χ1n) is 29.0. The lowest BCUT2D eigenvalue weighted by atomic mass is 10.0. The van der Waals surface area contributed by atoms with Gasteiger partial charge in [0.2, 0.25) is 5.91 Å². The average Bonchev–Trinajstić information content (AvgIpc) is 3.29. The number of carbonyl (C=O) groups is 2. The maximum atomic E-state index is 12.5. The zero-order valence-corrected chi connectivity index (χ0v) is 43.3. The lowest BCUT2D eigenvalue weighted by Gasteiger charge is -2.20. The molecule has 0 saturated heterocycles. The monoisotopic (exact) mass is 904 g/mol. The molecule has 0 bridgehead atoms. The van der Waals surface area contributed by atoms with Gasteiger partial charge in [-0.3, -0.25) is 9.59 Å². The van der Waals surface area contributed by atoms with Gasteiger partial charge < -0.3 is 20.3 Å². The third kappa shape index (κ3) is 50.0. The predicted molar refractivity (Wildman–Crippen MR) is 278 cm³/mol. The molecule has 0 aliphatic carbocycles. The fourth-order valence-corrected chi connectivity index (χ4v) is 9.11. The van der Waals surface area contributed by atoms with E-state index < -0.39 is 12.1 Å². The molecule has 0 spiro atoms. The van der Waals surface area contributed by atoms with Gasteiger partial charge in [0.1, 0.15) is 0 Å². The number of rotatable bonds is 54. The summed E-state index contributed by atoms with van der Waals surface area (Å²) in [5, 5.41) is 23.2. The topological polar surface area (TPSA) is 95.9 Å². The van der Waals surface area contributed by atoms with Gasteiger partial charge in [-0.25, -0.2) is 0 Å². The number of carbonyl (C=O) groups excluding carboxylic acids is 2. The maximum Gasteiger partial charge on any atom is 0.305 e. The molecule has 3 N–H and O–H groups in total. The van der Waals surface area contributed by atoms with Crippen LogP contribution in [0.3, 0.4) is 0 Å². The first kappa shape index (κ1) is 62.6. The summed E-state index contributed by atoms with van der Waals surface area (Å²) in [6.45, 7) is 4.88. The highest BCUT2D eigenvalue weighted by Crippen LogP contribution is 2.17. The van der Waals surface area contributed by atoms with Crippen molar-refractivity contribution in [3.8, 4) is 0 Å². The second kappa shape index (κ2) is 54.2. The maximum absolute atomic E-state index is 12.5. The highest BCUT2D eigenvalue weighted by molar-refractivity contribution is 5.76. The van der Waals surface area contributed by atoms with E-state index in [0.29, 0.717) is 19.4 Å². The molecule has 1 amide bonds. The van der Waals surface area contributed by atoms with Gasteiger partial charge in [-0.05, 0) is 32.1 Å². The van der Waals surface area contributed by atoms with Crippen LogP contribution in [-0.4, -0.2) is 47.4 Å². The van der Waals surface area contributed by atoms with Crippen molar-refractivity contribution >= 4 is 11.9 Å². The van der Waals surface area contributed by atoms with Gasteiger partial charge in [-0.1, -0.05) is 289 Å². The van der Waals surface area contributed by atoms with Gasteiger partial charge in [0.15, 0.2) is 0 Å². The first-order chi connectivity index (χ1) is 31.5. The van der Waals surface area contributed by atoms with Gasteiger partial charge in [0.25, 0.3) is 0 Å². The van der Waals surface area contributed by atoms with E-state index in [4.69, 9.17) is 4.74 Å². The summed E-state index contributed by atoms with van der Waals surface area (Å²) in [5.41, 5.74) is 0. The largest absolute Gasteiger partial charge is 0.466 e. The van der Waals surface area contributed by atoms with Crippen LogP contribution in [0.15, 0.2) is 12.2 Å². The molecule has 64 heavy (non-hydrogen) atoms. The Hall–Kier alpha value is -1.40. The fourth-order valence-electron chi connectivity index (χ4n) is 9.11. The molecule has 6 nitrogen and oxygen atoms in total. The fraction of sp³-hybridized carbons (Fsp3) is 0.931. The van der Waals surface area contributed by atoms with Crippen LogP contribution in [0.4, 0.5) is 0 Å². The zero-order valence-electron chi connectivity index (χ0n) is 43.3. The van der Waals surface area contributed by atoms with Crippen molar-refractivity contribution < 1.29 is 24.5 Å². The number of esters is 1. The summed E-state index contributed by atoms with van der Waals surface area (Å²) in [6.07, 6.45) is 63.7. The van der Waals surface area contributed by atoms with Crippen LogP contribution in [0.25, 0.3) is 0 Å². The number of aliphatic hydroxyl groups excluding tert-OH is 2. The van der Waals surface area contributed by atoms with Crippen LogP contribution in [0.5, 0.6) is 0 Å². The number of hydrogen-bond donors (Lipinski definition) is 3. The van der Waals surface area contributed by atoms with E-state index in [1.165, 1.54) is 238 Å². The van der Waals surface area contributed by atoms with Crippen molar-refractivity contribution in [1.29, 1.82) is 0 Å². The normalized spacial score (nSPS) is 12.6. The molecule has 0 aliphatic rings. The Kier molecular flexibility index (Phi) is 53.0. The minimum Gasteiger partial charge on any atom is -0.466 e. The van der Waals surface area contributed by atoms with Crippen molar-refractivity contribution in [2.75, 3.05) is 13.2 Å². The molecule has 0 aliphatic heterocycles. The third-order valence-corrected chi connectivity index (χ3v) is 13.6. The zero-order chi connectivity index (χ0) is 46.5. The Morgan fingerprint density at radius 3 is 1.06 bits per heavy atom. The van der Waals surface area contributed by atoms with E-state index in [2.05, 4.69) is 19.2 Å². The van der Waals surface area contributed by atoms with Crippen LogP contribution >= 0.6 is 0 Å². The molecule has 0 radical (unpaired) electrons. The molecule has 0 saturated carbocycles. The molecular formula is C58H113NO5.